The summed E-state index contributed by atoms with van der Waals surface area (Å²) in [6.45, 7) is 1.04. The van der Waals surface area contributed by atoms with E-state index in [0.29, 0.717) is 25.4 Å². The number of amides is 1. The molecule has 1 aliphatic rings. The fraction of sp³-hybridized carbons (Fsp3) is 0.455. The molecule has 0 spiro atoms. The molecule has 5 heteroatoms. The number of ether oxygens (including phenoxy) is 1. The van der Waals surface area contributed by atoms with Gasteiger partial charge in [-0.2, -0.15) is 0 Å². The zero-order valence-corrected chi connectivity index (χ0v) is 9.14. The number of nitrogens with zero attached hydrogens (tertiary/aromatic N) is 2. The largest absolute Gasteiger partial charge is 0.481 e. The van der Waals surface area contributed by atoms with Crippen molar-refractivity contribution in [1.29, 1.82) is 0 Å². The third-order valence-corrected chi connectivity index (χ3v) is 2.79. The van der Waals surface area contributed by atoms with E-state index in [9.17, 15) is 4.79 Å². The van der Waals surface area contributed by atoms with Gasteiger partial charge in [0.05, 0.1) is 7.11 Å². The standard InChI is InChI=1S/C11H14N2O3/c1-16-10-3-2-8-4-6-13(11(14)15)7-5-9(8)12-10/h2-3H,4-7H2,1H3,(H,14,15). The summed E-state index contributed by atoms with van der Waals surface area (Å²) >= 11 is 0. The smallest absolute Gasteiger partial charge is 0.407 e. The van der Waals surface area contributed by atoms with Crippen molar-refractivity contribution in [3.8, 4) is 5.88 Å². The zero-order valence-electron chi connectivity index (χ0n) is 9.14. The molecule has 0 radical (unpaired) electrons. The number of fused-ring (bicyclic) bond motifs is 1. The van der Waals surface area contributed by atoms with E-state index in [2.05, 4.69) is 4.98 Å². The van der Waals surface area contributed by atoms with Gasteiger partial charge in [0.25, 0.3) is 0 Å². The van der Waals surface area contributed by atoms with E-state index in [-0.39, 0.29) is 0 Å². The SMILES string of the molecule is COc1ccc2c(n1)CCN(C(=O)O)CC2. The number of rotatable bonds is 1. The van der Waals surface area contributed by atoms with Gasteiger partial charge in [-0.3, -0.25) is 0 Å². The maximum absolute atomic E-state index is 10.9. The summed E-state index contributed by atoms with van der Waals surface area (Å²) in [5, 5.41) is 8.92. The summed E-state index contributed by atoms with van der Waals surface area (Å²) in [4.78, 5) is 16.6. The van der Waals surface area contributed by atoms with Crippen LogP contribution >= 0.6 is 0 Å². The molecule has 0 fully saturated rings. The number of aromatic nitrogens is 1. The third kappa shape index (κ3) is 2.08. The Morgan fingerprint density at radius 3 is 2.88 bits per heavy atom. The van der Waals surface area contributed by atoms with Gasteiger partial charge in [-0.15, -0.1) is 0 Å². The second-order valence-electron chi connectivity index (χ2n) is 3.73. The van der Waals surface area contributed by atoms with Gasteiger partial charge in [0.2, 0.25) is 5.88 Å². The van der Waals surface area contributed by atoms with E-state index in [1.165, 1.54) is 4.90 Å². The maximum Gasteiger partial charge on any atom is 0.407 e. The molecule has 5 nitrogen and oxygen atoms in total. The van der Waals surface area contributed by atoms with Crippen molar-refractivity contribution >= 4 is 6.09 Å². The lowest BCUT2D eigenvalue weighted by molar-refractivity contribution is 0.147. The molecule has 0 aromatic carbocycles. The molecule has 0 aliphatic carbocycles. The lowest BCUT2D eigenvalue weighted by atomic mass is 10.1. The van der Waals surface area contributed by atoms with Crippen LogP contribution in [0.25, 0.3) is 0 Å². The number of pyridine rings is 1. The molecule has 2 heterocycles. The highest BCUT2D eigenvalue weighted by Gasteiger charge is 2.18. The van der Waals surface area contributed by atoms with Crippen LogP contribution in [0.3, 0.4) is 0 Å². The van der Waals surface area contributed by atoms with Crippen LogP contribution in [0, 0.1) is 0 Å². The summed E-state index contributed by atoms with van der Waals surface area (Å²) in [5.41, 5.74) is 2.06. The van der Waals surface area contributed by atoms with Crippen molar-refractivity contribution in [2.24, 2.45) is 0 Å². The summed E-state index contributed by atoms with van der Waals surface area (Å²) < 4.78 is 5.05. The molecular formula is C11H14N2O3. The van der Waals surface area contributed by atoms with Gasteiger partial charge in [0, 0.05) is 31.3 Å². The Morgan fingerprint density at radius 2 is 2.19 bits per heavy atom. The Balaban J connectivity index is 2.20. The van der Waals surface area contributed by atoms with Gasteiger partial charge in [0.1, 0.15) is 0 Å². The molecule has 1 N–H and O–H groups in total. The van der Waals surface area contributed by atoms with Gasteiger partial charge in [0.15, 0.2) is 0 Å². The quantitative estimate of drug-likeness (QED) is 0.774. The number of hydrogen-bond donors (Lipinski definition) is 1. The predicted octanol–water partition coefficient (Wildman–Crippen LogP) is 1.17. The van der Waals surface area contributed by atoms with Crippen molar-refractivity contribution < 1.29 is 14.6 Å². The van der Waals surface area contributed by atoms with Crippen molar-refractivity contribution in [2.75, 3.05) is 20.2 Å². The summed E-state index contributed by atoms with van der Waals surface area (Å²) in [6.07, 6.45) is 0.511. The van der Waals surface area contributed by atoms with Gasteiger partial charge < -0.3 is 14.7 Å². The lowest BCUT2D eigenvalue weighted by Crippen LogP contribution is -2.31. The normalized spacial score (nSPS) is 15.2. The molecule has 2 rings (SSSR count). The van der Waals surface area contributed by atoms with E-state index < -0.39 is 6.09 Å². The molecule has 86 valence electrons. The van der Waals surface area contributed by atoms with E-state index in [1.54, 1.807) is 7.11 Å². The molecule has 1 aliphatic heterocycles. The minimum atomic E-state index is -0.861. The lowest BCUT2D eigenvalue weighted by Gasteiger charge is -2.14. The first-order valence-electron chi connectivity index (χ1n) is 5.21. The number of methoxy groups -OCH3 is 1. The van der Waals surface area contributed by atoms with E-state index in [4.69, 9.17) is 9.84 Å². The molecule has 0 atom stereocenters. The van der Waals surface area contributed by atoms with Crippen LogP contribution in [0.5, 0.6) is 5.88 Å². The average molecular weight is 222 g/mol. The van der Waals surface area contributed by atoms with Crippen LogP contribution in [0.15, 0.2) is 12.1 Å². The third-order valence-electron chi connectivity index (χ3n) is 2.79. The average Bonchev–Trinajstić information content (AvgIpc) is 2.50. The van der Waals surface area contributed by atoms with Crippen molar-refractivity contribution in [3.63, 3.8) is 0 Å². The summed E-state index contributed by atoms with van der Waals surface area (Å²) in [7, 11) is 1.58. The second kappa shape index (κ2) is 4.38. The van der Waals surface area contributed by atoms with Crippen LogP contribution in [0.4, 0.5) is 4.79 Å². The van der Waals surface area contributed by atoms with E-state index in [0.717, 1.165) is 17.7 Å². The molecular weight excluding hydrogens is 208 g/mol. The van der Waals surface area contributed by atoms with Crippen LogP contribution in [0.2, 0.25) is 0 Å². The first kappa shape index (κ1) is 10.7. The van der Waals surface area contributed by atoms with Crippen molar-refractivity contribution in [1.82, 2.24) is 9.88 Å². The van der Waals surface area contributed by atoms with Gasteiger partial charge >= 0.3 is 6.09 Å². The molecule has 0 unspecified atom stereocenters. The van der Waals surface area contributed by atoms with E-state index in [1.807, 2.05) is 12.1 Å². The number of carboxylic acid groups (broad SMARTS) is 1. The van der Waals surface area contributed by atoms with Crippen LogP contribution in [0.1, 0.15) is 11.3 Å². The molecule has 0 bridgehead atoms. The molecule has 1 aromatic heterocycles. The Kier molecular flexibility index (Phi) is 2.94. The summed E-state index contributed by atoms with van der Waals surface area (Å²) in [5.74, 6) is 0.586. The van der Waals surface area contributed by atoms with Crippen LogP contribution < -0.4 is 4.74 Å². The first-order chi connectivity index (χ1) is 7.70. The highest BCUT2D eigenvalue weighted by atomic mass is 16.5. The van der Waals surface area contributed by atoms with Crippen LogP contribution in [-0.2, 0) is 12.8 Å². The molecule has 1 amide bonds. The Labute approximate surface area is 93.7 Å². The fourth-order valence-corrected chi connectivity index (χ4v) is 1.87. The Hall–Kier alpha value is -1.78. The fourth-order valence-electron chi connectivity index (χ4n) is 1.87. The maximum atomic E-state index is 10.9. The minimum absolute atomic E-state index is 0.502. The Bertz CT molecular complexity index is 406. The van der Waals surface area contributed by atoms with Gasteiger partial charge in [-0.1, -0.05) is 6.07 Å². The molecule has 16 heavy (non-hydrogen) atoms. The highest BCUT2D eigenvalue weighted by molar-refractivity contribution is 5.65. The van der Waals surface area contributed by atoms with Crippen molar-refractivity contribution in [2.45, 2.75) is 12.8 Å². The highest BCUT2D eigenvalue weighted by Crippen LogP contribution is 2.17. The Morgan fingerprint density at radius 1 is 1.44 bits per heavy atom. The van der Waals surface area contributed by atoms with E-state index >= 15 is 0 Å². The van der Waals surface area contributed by atoms with Crippen LogP contribution in [-0.4, -0.2) is 41.3 Å². The minimum Gasteiger partial charge on any atom is -0.481 e. The monoisotopic (exact) mass is 222 g/mol. The topological polar surface area (TPSA) is 62.7 Å². The molecule has 0 saturated heterocycles. The van der Waals surface area contributed by atoms with Gasteiger partial charge in [-0.25, -0.2) is 9.78 Å². The summed E-state index contributed by atoms with van der Waals surface area (Å²) in [6, 6.07) is 3.78. The first-order valence-corrected chi connectivity index (χ1v) is 5.21. The predicted molar refractivity (Wildman–Crippen MR) is 57.8 cm³/mol. The second-order valence-corrected chi connectivity index (χ2v) is 3.73. The zero-order chi connectivity index (χ0) is 11.5. The number of hydrogen-bond acceptors (Lipinski definition) is 3. The molecule has 1 aromatic rings. The number of carbonyl (C=O) groups is 1. The van der Waals surface area contributed by atoms with Gasteiger partial charge in [-0.05, 0) is 12.0 Å². The van der Waals surface area contributed by atoms with Crippen molar-refractivity contribution in [3.05, 3.63) is 23.4 Å². The molecule has 0 saturated carbocycles.